The maximum absolute atomic E-state index is 12.8. The number of benzene rings is 2. The molecule has 3 rings (SSSR count). The van der Waals surface area contributed by atoms with Gasteiger partial charge in [-0.2, -0.15) is 0 Å². The molecule has 1 amide bonds. The van der Waals surface area contributed by atoms with E-state index in [1.165, 1.54) is 0 Å². The molecule has 0 aromatic heterocycles. The van der Waals surface area contributed by atoms with Crippen LogP contribution in [0.15, 0.2) is 65.7 Å². The molecule has 6 heteroatoms. The predicted octanol–water partition coefficient (Wildman–Crippen LogP) is 3.66. The second kappa shape index (κ2) is 12.2. The Balaban J connectivity index is 1.85. The van der Waals surface area contributed by atoms with E-state index < -0.39 is 18.1 Å². The van der Waals surface area contributed by atoms with Crippen LogP contribution in [0, 0.1) is 0 Å². The van der Waals surface area contributed by atoms with Gasteiger partial charge in [0, 0.05) is 30.0 Å². The molecule has 0 spiro atoms. The minimum Gasteiger partial charge on any atom is -0.464 e. The number of aliphatic hydroxyl groups excluding tert-OH is 1. The van der Waals surface area contributed by atoms with Gasteiger partial charge in [0.2, 0.25) is 5.91 Å². The van der Waals surface area contributed by atoms with Crippen molar-refractivity contribution in [2.45, 2.75) is 63.6 Å². The smallest absolute Gasteiger partial charge is 0.330 e. The van der Waals surface area contributed by atoms with Crippen molar-refractivity contribution in [2.24, 2.45) is 4.99 Å². The first-order valence-corrected chi connectivity index (χ1v) is 11.4. The molecule has 1 fully saturated rings. The molecule has 1 aliphatic heterocycles. The van der Waals surface area contributed by atoms with Crippen molar-refractivity contribution in [1.82, 2.24) is 5.32 Å². The quantitative estimate of drug-likeness (QED) is 0.464. The SMILES string of the molecule is CCOC(=O)C(CC(O)CC1CCCCC(=O)N1)N=C(c1ccccc1)c1ccccc1. The number of carbonyl (C=O) groups is 2. The van der Waals surface area contributed by atoms with E-state index in [0.717, 1.165) is 30.4 Å². The van der Waals surface area contributed by atoms with E-state index in [-0.39, 0.29) is 25.0 Å². The van der Waals surface area contributed by atoms with E-state index in [9.17, 15) is 14.7 Å². The molecule has 1 aliphatic rings. The van der Waals surface area contributed by atoms with Gasteiger partial charge in [-0.1, -0.05) is 67.1 Å². The Morgan fingerprint density at radius 3 is 2.31 bits per heavy atom. The Morgan fingerprint density at radius 1 is 1.09 bits per heavy atom. The minimum absolute atomic E-state index is 0.0232. The van der Waals surface area contributed by atoms with Crippen molar-refractivity contribution >= 4 is 17.6 Å². The third-order valence-electron chi connectivity index (χ3n) is 5.56. The lowest BCUT2D eigenvalue weighted by molar-refractivity contribution is -0.145. The molecule has 0 bridgehead atoms. The fourth-order valence-corrected chi connectivity index (χ4v) is 4.01. The van der Waals surface area contributed by atoms with Crippen LogP contribution in [-0.2, 0) is 14.3 Å². The summed E-state index contributed by atoms with van der Waals surface area (Å²) in [5, 5.41) is 13.8. The molecule has 0 radical (unpaired) electrons. The van der Waals surface area contributed by atoms with Gasteiger partial charge >= 0.3 is 5.97 Å². The zero-order chi connectivity index (χ0) is 22.8. The Labute approximate surface area is 189 Å². The number of carbonyl (C=O) groups excluding carboxylic acids is 2. The Hall–Kier alpha value is -2.99. The summed E-state index contributed by atoms with van der Waals surface area (Å²) in [6.07, 6.45) is 2.91. The van der Waals surface area contributed by atoms with Crippen LogP contribution < -0.4 is 5.32 Å². The van der Waals surface area contributed by atoms with Crippen molar-refractivity contribution in [1.29, 1.82) is 0 Å². The van der Waals surface area contributed by atoms with Gasteiger partial charge in [-0.15, -0.1) is 0 Å². The third kappa shape index (κ3) is 7.02. The zero-order valence-corrected chi connectivity index (χ0v) is 18.6. The predicted molar refractivity (Wildman–Crippen MR) is 125 cm³/mol. The minimum atomic E-state index is -0.846. The van der Waals surface area contributed by atoms with Crippen LogP contribution in [-0.4, -0.2) is 47.5 Å². The summed E-state index contributed by atoms with van der Waals surface area (Å²) in [5.41, 5.74) is 2.45. The number of amides is 1. The molecule has 32 heavy (non-hydrogen) atoms. The van der Waals surface area contributed by atoms with Crippen molar-refractivity contribution in [3.05, 3.63) is 71.8 Å². The number of rotatable bonds is 9. The number of hydrogen-bond acceptors (Lipinski definition) is 5. The van der Waals surface area contributed by atoms with E-state index in [0.29, 0.717) is 18.6 Å². The van der Waals surface area contributed by atoms with Crippen molar-refractivity contribution < 1.29 is 19.4 Å². The molecule has 2 aromatic carbocycles. The van der Waals surface area contributed by atoms with E-state index in [2.05, 4.69) is 5.32 Å². The summed E-state index contributed by atoms with van der Waals surface area (Å²) < 4.78 is 5.28. The molecule has 0 saturated carbocycles. The highest BCUT2D eigenvalue weighted by Crippen LogP contribution is 2.19. The molecule has 1 saturated heterocycles. The van der Waals surface area contributed by atoms with Gasteiger partial charge in [-0.3, -0.25) is 9.79 Å². The molecule has 0 aliphatic carbocycles. The standard InChI is InChI=1S/C26H32N2O4/c1-2-32-26(31)23(18-22(29)17-21-15-9-10-16-24(30)27-21)28-25(19-11-5-3-6-12-19)20-13-7-4-8-14-20/h3-8,11-14,21-23,29H,2,9-10,15-18H2,1H3,(H,27,30). The highest BCUT2D eigenvalue weighted by molar-refractivity contribution is 6.13. The van der Waals surface area contributed by atoms with Crippen molar-refractivity contribution in [3.8, 4) is 0 Å². The van der Waals surface area contributed by atoms with Gasteiger partial charge < -0.3 is 15.2 Å². The highest BCUT2D eigenvalue weighted by atomic mass is 16.5. The first-order valence-electron chi connectivity index (χ1n) is 11.4. The van der Waals surface area contributed by atoms with E-state index in [1.54, 1.807) is 6.92 Å². The summed E-state index contributed by atoms with van der Waals surface area (Å²) in [4.78, 5) is 29.4. The summed E-state index contributed by atoms with van der Waals surface area (Å²) in [6.45, 7) is 2.00. The van der Waals surface area contributed by atoms with Crippen molar-refractivity contribution in [2.75, 3.05) is 6.61 Å². The van der Waals surface area contributed by atoms with Gasteiger partial charge in [0.25, 0.3) is 0 Å². The highest BCUT2D eigenvalue weighted by Gasteiger charge is 2.27. The van der Waals surface area contributed by atoms with Gasteiger partial charge in [0.1, 0.15) is 0 Å². The molecule has 3 unspecified atom stereocenters. The summed E-state index contributed by atoms with van der Waals surface area (Å²) >= 11 is 0. The van der Waals surface area contributed by atoms with Crippen LogP contribution in [0.4, 0.5) is 0 Å². The van der Waals surface area contributed by atoms with E-state index >= 15 is 0 Å². The van der Waals surface area contributed by atoms with Crippen molar-refractivity contribution in [3.63, 3.8) is 0 Å². The third-order valence-corrected chi connectivity index (χ3v) is 5.56. The largest absolute Gasteiger partial charge is 0.464 e. The summed E-state index contributed by atoms with van der Waals surface area (Å²) in [7, 11) is 0. The molecule has 1 heterocycles. The normalized spacial score (nSPS) is 18.1. The molecule has 6 nitrogen and oxygen atoms in total. The first kappa shape index (κ1) is 23.7. The average Bonchev–Trinajstić information content (AvgIpc) is 3.01. The summed E-state index contributed by atoms with van der Waals surface area (Å²) in [5.74, 6) is -0.434. The number of nitrogens with zero attached hydrogens (tertiary/aromatic N) is 1. The molecular weight excluding hydrogens is 404 g/mol. The number of aliphatic hydroxyl groups is 1. The van der Waals surface area contributed by atoms with Gasteiger partial charge in [-0.25, -0.2) is 4.79 Å². The second-order valence-electron chi connectivity index (χ2n) is 8.11. The fourth-order valence-electron chi connectivity index (χ4n) is 4.01. The van der Waals surface area contributed by atoms with Crippen LogP contribution in [0.5, 0.6) is 0 Å². The lowest BCUT2D eigenvalue weighted by atomic mass is 9.98. The first-order chi connectivity index (χ1) is 15.6. The molecule has 170 valence electrons. The van der Waals surface area contributed by atoms with Gasteiger partial charge in [0.15, 0.2) is 6.04 Å². The number of aliphatic imine (C=N–C) groups is 1. The molecule has 2 N–H and O–H groups in total. The summed E-state index contributed by atoms with van der Waals surface area (Å²) in [6, 6.07) is 18.4. The maximum atomic E-state index is 12.8. The maximum Gasteiger partial charge on any atom is 0.330 e. The number of esters is 1. The zero-order valence-electron chi connectivity index (χ0n) is 18.6. The monoisotopic (exact) mass is 436 g/mol. The lowest BCUT2D eigenvalue weighted by Crippen LogP contribution is -2.37. The fraction of sp³-hybridized carbons (Fsp3) is 0.423. The van der Waals surface area contributed by atoms with Crippen LogP contribution in [0.1, 0.15) is 56.6 Å². The van der Waals surface area contributed by atoms with E-state index in [1.807, 2.05) is 60.7 Å². The van der Waals surface area contributed by atoms with Crippen LogP contribution in [0.2, 0.25) is 0 Å². The Bertz CT molecular complexity index is 857. The van der Waals surface area contributed by atoms with E-state index in [4.69, 9.17) is 9.73 Å². The molecule has 3 atom stereocenters. The number of ether oxygens (including phenoxy) is 1. The Kier molecular flexibility index (Phi) is 8.99. The van der Waals surface area contributed by atoms with Crippen LogP contribution in [0.3, 0.4) is 0 Å². The molecule has 2 aromatic rings. The van der Waals surface area contributed by atoms with Crippen LogP contribution >= 0.6 is 0 Å². The lowest BCUT2D eigenvalue weighted by Gasteiger charge is -2.22. The Morgan fingerprint density at radius 2 is 1.72 bits per heavy atom. The average molecular weight is 437 g/mol. The molecular formula is C26H32N2O4. The van der Waals surface area contributed by atoms with Gasteiger partial charge in [-0.05, 0) is 26.2 Å². The second-order valence-corrected chi connectivity index (χ2v) is 8.11. The van der Waals surface area contributed by atoms with Crippen LogP contribution in [0.25, 0.3) is 0 Å². The topological polar surface area (TPSA) is 88.0 Å². The number of nitrogens with one attached hydrogen (secondary N) is 1. The van der Waals surface area contributed by atoms with Gasteiger partial charge in [0.05, 0.1) is 18.4 Å². The number of hydrogen-bond donors (Lipinski definition) is 2.